The van der Waals surface area contributed by atoms with Gasteiger partial charge in [-0.15, -0.1) is 0 Å². The molecule has 0 atom stereocenters. The summed E-state index contributed by atoms with van der Waals surface area (Å²) in [6, 6.07) is 12.1. The van der Waals surface area contributed by atoms with E-state index in [4.69, 9.17) is 18.9 Å². The Balaban J connectivity index is 1.52. The number of nitrogens with one attached hydrogen (secondary N) is 1. The van der Waals surface area contributed by atoms with Crippen molar-refractivity contribution in [1.29, 1.82) is 0 Å². The van der Waals surface area contributed by atoms with Crippen LogP contribution in [0.4, 0.5) is 0 Å². The van der Waals surface area contributed by atoms with Gasteiger partial charge in [-0.3, -0.25) is 4.79 Å². The molecule has 3 rings (SSSR count). The molecule has 0 spiro atoms. The normalized spacial score (nSPS) is 11.7. The Morgan fingerprint density at radius 1 is 1.12 bits per heavy atom. The second kappa shape index (κ2) is 8.24. The first-order valence-corrected chi connectivity index (χ1v) is 8.21. The molecule has 1 aliphatic heterocycles. The molecule has 1 amide bonds. The smallest absolute Gasteiger partial charge is 0.341 e. The van der Waals surface area contributed by atoms with Crippen LogP contribution in [0.3, 0.4) is 0 Å². The van der Waals surface area contributed by atoms with E-state index in [9.17, 15) is 9.59 Å². The molecular weight excluding hydrogens is 338 g/mol. The van der Waals surface area contributed by atoms with Crippen molar-refractivity contribution in [3.8, 4) is 17.2 Å². The topological polar surface area (TPSA) is 83.1 Å². The van der Waals surface area contributed by atoms with Gasteiger partial charge in [0.2, 0.25) is 6.79 Å². The fourth-order valence-corrected chi connectivity index (χ4v) is 2.42. The van der Waals surface area contributed by atoms with Gasteiger partial charge in [0.05, 0.1) is 6.61 Å². The Morgan fingerprint density at radius 2 is 1.92 bits per heavy atom. The lowest BCUT2D eigenvalue weighted by atomic mass is 10.2. The summed E-state index contributed by atoms with van der Waals surface area (Å²) in [5.41, 5.74) is 1.17. The Labute approximate surface area is 150 Å². The van der Waals surface area contributed by atoms with Gasteiger partial charge in [-0.25, -0.2) is 4.79 Å². The first kappa shape index (κ1) is 17.6. The van der Waals surface area contributed by atoms with Crippen molar-refractivity contribution < 1.29 is 28.5 Å². The summed E-state index contributed by atoms with van der Waals surface area (Å²) >= 11 is 0. The van der Waals surface area contributed by atoms with Crippen LogP contribution in [0.2, 0.25) is 0 Å². The van der Waals surface area contributed by atoms with Crippen LogP contribution >= 0.6 is 0 Å². The van der Waals surface area contributed by atoms with Gasteiger partial charge in [-0.05, 0) is 36.8 Å². The summed E-state index contributed by atoms with van der Waals surface area (Å²) in [5.74, 6) is 0.879. The standard InChI is InChI=1S/C19H19NO6/c1-2-23-19(22)14-5-3-4-6-15(14)24-11-18(21)20-10-13-7-8-16-17(9-13)26-12-25-16/h3-9H,2,10-12H2,1H3,(H,20,21). The lowest BCUT2D eigenvalue weighted by Crippen LogP contribution is -2.28. The summed E-state index contributed by atoms with van der Waals surface area (Å²) in [6.45, 7) is 2.33. The van der Waals surface area contributed by atoms with E-state index in [-0.39, 0.29) is 31.5 Å². The number of carbonyl (C=O) groups is 2. The Bertz CT molecular complexity index is 804. The van der Waals surface area contributed by atoms with Crippen LogP contribution in [0, 0.1) is 0 Å². The molecule has 1 aliphatic rings. The number of amides is 1. The molecule has 0 saturated heterocycles. The minimum absolute atomic E-state index is 0.207. The molecular formula is C19H19NO6. The first-order chi connectivity index (χ1) is 12.7. The van der Waals surface area contributed by atoms with Gasteiger partial charge in [0.1, 0.15) is 11.3 Å². The van der Waals surface area contributed by atoms with Crippen LogP contribution in [-0.4, -0.2) is 31.9 Å². The molecule has 0 radical (unpaired) electrons. The highest BCUT2D eigenvalue weighted by atomic mass is 16.7. The van der Waals surface area contributed by atoms with Crippen molar-refractivity contribution in [2.75, 3.05) is 20.0 Å². The van der Waals surface area contributed by atoms with Gasteiger partial charge in [-0.1, -0.05) is 18.2 Å². The molecule has 1 N–H and O–H groups in total. The lowest BCUT2D eigenvalue weighted by molar-refractivity contribution is -0.123. The number of esters is 1. The molecule has 26 heavy (non-hydrogen) atoms. The van der Waals surface area contributed by atoms with Gasteiger partial charge >= 0.3 is 5.97 Å². The van der Waals surface area contributed by atoms with E-state index >= 15 is 0 Å². The Kier molecular flexibility index (Phi) is 5.58. The van der Waals surface area contributed by atoms with Crippen molar-refractivity contribution in [3.63, 3.8) is 0 Å². The number of hydrogen-bond acceptors (Lipinski definition) is 6. The largest absolute Gasteiger partial charge is 0.483 e. The second-order valence-corrected chi connectivity index (χ2v) is 5.47. The highest BCUT2D eigenvalue weighted by Crippen LogP contribution is 2.32. The van der Waals surface area contributed by atoms with Crippen LogP contribution in [0.1, 0.15) is 22.8 Å². The SMILES string of the molecule is CCOC(=O)c1ccccc1OCC(=O)NCc1ccc2c(c1)OCO2. The fraction of sp³-hybridized carbons (Fsp3) is 0.263. The molecule has 0 fully saturated rings. The minimum Gasteiger partial charge on any atom is -0.483 e. The third-order valence-corrected chi connectivity index (χ3v) is 3.67. The highest BCUT2D eigenvalue weighted by molar-refractivity contribution is 5.92. The van der Waals surface area contributed by atoms with E-state index in [1.807, 2.05) is 12.1 Å². The maximum atomic E-state index is 12.0. The van der Waals surface area contributed by atoms with Crippen LogP contribution in [0.25, 0.3) is 0 Å². The zero-order valence-electron chi connectivity index (χ0n) is 14.3. The maximum absolute atomic E-state index is 12.0. The average molecular weight is 357 g/mol. The number of hydrogen-bond donors (Lipinski definition) is 1. The molecule has 2 aromatic rings. The molecule has 0 bridgehead atoms. The molecule has 0 aliphatic carbocycles. The van der Waals surface area contributed by atoms with Crippen molar-refractivity contribution in [3.05, 3.63) is 53.6 Å². The van der Waals surface area contributed by atoms with Gasteiger partial charge in [-0.2, -0.15) is 0 Å². The number of ether oxygens (including phenoxy) is 4. The van der Waals surface area contributed by atoms with Crippen LogP contribution in [-0.2, 0) is 16.1 Å². The van der Waals surface area contributed by atoms with E-state index in [0.29, 0.717) is 23.8 Å². The summed E-state index contributed by atoms with van der Waals surface area (Å²) in [5, 5.41) is 2.76. The van der Waals surface area contributed by atoms with Crippen molar-refractivity contribution in [2.45, 2.75) is 13.5 Å². The van der Waals surface area contributed by atoms with E-state index < -0.39 is 5.97 Å². The number of carbonyl (C=O) groups excluding carboxylic acids is 2. The number of para-hydroxylation sites is 1. The van der Waals surface area contributed by atoms with Gasteiger partial charge < -0.3 is 24.3 Å². The molecule has 2 aromatic carbocycles. The second-order valence-electron chi connectivity index (χ2n) is 5.47. The lowest BCUT2D eigenvalue weighted by Gasteiger charge is -2.11. The third-order valence-electron chi connectivity index (χ3n) is 3.67. The van der Waals surface area contributed by atoms with E-state index in [1.54, 1.807) is 37.3 Å². The monoisotopic (exact) mass is 357 g/mol. The summed E-state index contributed by atoms with van der Waals surface area (Å²) in [7, 11) is 0. The summed E-state index contributed by atoms with van der Waals surface area (Å²) < 4.78 is 21.0. The molecule has 0 saturated carbocycles. The maximum Gasteiger partial charge on any atom is 0.341 e. The minimum atomic E-state index is -0.483. The van der Waals surface area contributed by atoms with Gasteiger partial charge in [0.25, 0.3) is 5.91 Å². The molecule has 0 unspecified atom stereocenters. The number of fused-ring (bicyclic) bond motifs is 1. The molecule has 0 aromatic heterocycles. The number of benzene rings is 2. The summed E-state index contributed by atoms with van der Waals surface area (Å²) in [6.07, 6.45) is 0. The van der Waals surface area contributed by atoms with Crippen LogP contribution in [0.5, 0.6) is 17.2 Å². The third kappa shape index (κ3) is 4.24. The van der Waals surface area contributed by atoms with Gasteiger partial charge in [0.15, 0.2) is 18.1 Å². The van der Waals surface area contributed by atoms with Crippen molar-refractivity contribution in [2.24, 2.45) is 0 Å². The van der Waals surface area contributed by atoms with Crippen LogP contribution < -0.4 is 19.5 Å². The number of rotatable bonds is 7. The highest BCUT2D eigenvalue weighted by Gasteiger charge is 2.15. The average Bonchev–Trinajstić information content (AvgIpc) is 3.13. The Hall–Kier alpha value is -3.22. The predicted molar refractivity (Wildman–Crippen MR) is 92.3 cm³/mol. The zero-order chi connectivity index (χ0) is 18.4. The van der Waals surface area contributed by atoms with Crippen molar-refractivity contribution >= 4 is 11.9 Å². The van der Waals surface area contributed by atoms with E-state index in [1.165, 1.54) is 0 Å². The fourth-order valence-electron chi connectivity index (χ4n) is 2.42. The quantitative estimate of drug-likeness (QED) is 0.766. The molecule has 7 heteroatoms. The molecule has 7 nitrogen and oxygen atoms in total. The van der Waals surface area contributed by atoms with E-state index in [0.717, 1.165) is 5.56 Å². The zero-order valence-corrected chi connectivity index (χ0v) is 14.3. The first-order valence-electron chi connectivity index (χ1n) is 8.21. The predicted octanol–water partition coefficient (Wildman–Crippen LogP) is 2.29. The molecule has 136 valence electrons. The van der Waals surface area contributed by atoms with Gasteiger partial charge in [0, 0.05) is 6.54 Å². The summed E-state index contributed by atoms with van der Waals surface area (Å²) in [4.78, 5) is 23.9. The Morgan fingerprint density at radius 3 is 2.77 bits per heavy atom. The van der Waals surface area contributed by atoms with Crippen molar-refractivity contribution in [1.82, 2.24) is 5.32 Å². The van der Waals surface area contributed by atoms with E-state index in [2.05, 4.69) is 5.32 Å². The van der Waals surface area contributed by atoms with Crippen LogP contribution in [0.15, 0.2) is 42.5 Å². The molecule has 1 heterocycles.